The quantitative estimate of drug-likeness (QED) is 0.278. The summed E-state index contributed by atoms with van der Waals surface area (Å²) in [4.78, 5) is 21.6. The first-order chi connectivity index (χ1) is 6.11. The number of nitrogens with one attached hydrogen (secondary N) is 1. The number of methoxy groups -OCH3 is 1. The number of thioether (sulfide) groups is 1. The van der Waals surface area contributed by atoms with Crippen LogP contribution in [0.2, 0.25) is 0 Å². The smallest absolute Gasteiger partial charge is 0.306 e. The number of amides is 1. The van der Waals surface area contributed by atoms with Gasteiger partial charge in [0.15, 0.2) is 0 Å². The molecule has 3 N–H and O–H groups in total. The van der Waals surface area contributed by atoms with Crippen molar-refractivity contribution in [1.82, 2.24) is 5.43 Å². The number of hydrazine groups is 1. The minimum atomic E-state index is -0.271. The van der Waals surface area contributed by atoms with E-state index in [9.17, 15) is 9.59 Å². The molecule has 0 rings (SSSR count). The maximum absolute atomic E-state index is 10.9. The molecule has 0 heterocycles. The SMILES string of the molecule is COC(=O)CCSC(C)C(=O)NN. The Hall–Kier alpha value is -0.750. The molecule has 5 nitrogen and oxygen atoms in total. The number of rotatable bonds is 5. The van der Waals surface area contributed by atoms with Crippen molar-refractivity contribution in [2.24, 2.45) is 5.84 Å². The molecule has 1 unspecified atom stereocenters. The van der Waals surface area contributed by atoms with Gasteiger partial charge < -0.3 is 4.74 Å². The summed E-state index contributed by atoms with van der Waals surface area (Å²) in [5.41, 5.74) is 2.04. The Bertz CT molecular complexity index is 187. The molecule has 0 aromatic heterocycles. The van der Waals surface area contributed by atoms with Crippen LogP contribution in [0.5, 0.6) is 0 Å². The predicted molar refractivity (Wildman–Crippen MR) is 50.9 cm³/mol. The molecular formula is C7H14N2O3S. The minimum Gasteiger partial charge on any atom is -0.469 e. The number of nitrogens with two attached hydrogens (primary N) is 1. The lowest BCUT2D eigenvalue weighted by molar-refractivity contribution is -0.140. The Morgan fingerprint density at radius 3 is 2.69 bits per heavy atom. The van der Waals surface area contributed by atoms with E-state index in [-0.39, 0.29) is 17.1 Å². The highest BCUT2D eigenvalue weighted by molar-refractivity contribution is 8.00. The van der Waals surface area contributed by atoms with Crippen LogP contribution in [-0.2, 0) is 14.3 Å². The number of carbonyl (C=O) groups is 2. The molecule has 0 spiro atoms. The molecule has 0 aliphatic carbocycles. The lowest BCUT2D eigenvalue weighted by atomic mass is 10.5. The van der Waals surface area contributed by atoms with Crippen molar-refractivity contribution in [2.45, 2.75) is 18.6 Å². The van der Waals surface area contributed by atoms with E-state index in [1.165, 1.54) is 18.9 Å². The molecule has 0 saturated heterocycles. The highest BCUT2D eigenvalue weighted by Gasteiger charge is 2.12. The molecule has 0 radical (unpaired) electrons. The van der Waals surface area contributed by atoms with Gasteiger partial charge in [-0.1, -0.05) is 0 Å². The first-order valence-corrected chi connectivity index (χ1v) is 4.85. The average molecular weight is 206 g/mol. The zero-order valence-electron chi connectivity index (χ0n) is 7.70. The van der Waals surface area contributed by atoms with E-state index in [0.29, 0.717) is 12.2 Å². The van der Waals surface area contributed by atoms with Crippen LogP contribution in [0.15, 0.2) is 0 Å². The van der Waals surface area contributed by atoms with Crippen molar-refractivity contribution in [2.75, 3.05) is 12.9 Å². The summed E-state index contributed by atoms with van der Waals surface area (Å²) in [6.45, 7) is 1.73. The maximum atomic E-state index is 10.9. The molecule has 1 atom stereocenters. The van der Waals surface area contributed by atoms with Crippen molar-refractivity contribution < 1.29 is 14.3 Å². The van der Waals surface area contributed by atoms with Gasteiger partial charge in [-0.25, -0.2) is 5.84 Å². The van der Waals surface area contributed by atoms with Gasteiger partial charge in [0.05, 0.1) is 18.8 Å². The normalized spacial score (nSPS) is 11.9. The largest absolute Gasteiger partial charge is 0.469 e. The van der Waals surface area contributed by atoms with E-state index in [1.54, 1.807) is 6.92 Å². The molecule has 0 aliphatic heterocycles. The fraction of sp³-hybridized carbons (Fsp3) is 0.714. The summed E-state index contributed by atoms with van der Waals surface area (Å²) >= 11 is 1.36. The number of hydrogen-bond donors (Lipinski definition) is 2. The lowest BCUT2D eigenvalue weighted by Crippen LogP contribution is -2.36. The molecule has 0 bridgehead atoms. The van der Waals surface area contributed by atoms with Gasteiger partial charge in [-0.15, -0.1) is 11.8 Å². The van der Waals surface area contributed by atoms with E-state index >= 15 is 0 Å². The third-order valence-electron chi connectivity index (χ3n) is 1.41. The fourth-order valence-corrected chi connectivity index (χ4v) is 1.47. The van der Waals surface area contributed by atoms with Crippen molar-refractivity contribution in [3.05, 3.63) is 0 Å². The molecule has 0 fully saturated rings. The summed E-state index contributed by atoms with van der Waals surface area (Å²) in [5.74, 6) is 4.97. The van der Waals surface area contributed by atoms with Gasteiger partial charge in [-0.05, 0) is 6.92 Å². The maximum Gasteiger partial charge on any atom is 0.306 e. The molecule has 13 heavy (non-hydrogen) atoms. The topological polar surface area (TPSA) is 81.4 Å². The number of hydrogen-bond acceptors (Lipinski definition) is 5. The van der Waals surface area contributed by atoms with Crippen molar-refractivity contribution in [3.63, 3.8) is 0 Å². The summed E-state index contributed by atoms with van der Waals surface area (Å²) in [6, 6.07) is 0. The molecular weight excluding hydrogens is 192 g/mol. The van der Waals surface area contributed by atoms with E-state index < -0.39 is 0 Å². The van der Waals surface area contributed by atoms with Crippen LogP contribution in [0.4, 0.5) is 0 Å². The van der Waals surface area contributed by atoms with Crippen LogP contribution in [0.3, 0.4) is 0 Å². The summed E-state index contributed by atoms with van der Waals surface area (Å²) in [7, 11) is 1.34. The van der Waals surface area contributed by atoms with E-state index in [2.05, 4.69) is 4.74 Å². The predicted octanol–water partition coefficient (Wildman–Crippen LogP) is -0.339. The first kappa shape index (κ1) is 12.2. The second-order valence-corrected chi connectivity index (χ2v) is 3.80. The van der Waals surface area contributed by atoms with Crippen molar-refractivity contribution in [3.8, 4) is 0 Å². The number of esters is 1. The standard InChI is InChI=1S/C7H14N2O3S/c1-5(7(11)9-8)13-4-3-6(10)12-2/h5H,3-4,8H2,1-2H3,(H,9,11). The van der Waals surface area contributed by atoms with Gasteiger partial charge in [0.25, 0.3) is 0 Å². The second kappa shape index (κ2) is 6.73. The third-order valence-corrected chi connectivity index (χ3v) is 2.57. The van der Waals surface area contributed by atoms with Crippen LogP contribution in [0, 0.1) is 0 Å². The molecule has 1 amide bonds. The minimum absolute atomic E-state index is 0.241. The molecule has 76 valence electrons. The highest BCUT2D eigenvalue weighted by Crippen LogP contribution is 2.11. The highest BCUT2D eigenvalue weighted by atomic mass is 32.2. The van der Waals surface area contributed by atoms with Gasteiger partial charge in [0, 0.05) is 5.75 Å². The Balaban J connectivity index is 3.53. The van der Waals surface area contributed by atoms with E-state index in [4.69, 9.17) is 5.84 Å². The van der Waals surface area contributed by atoms with Gasteiger partial charge in [-0.2, -0.15) is 0 Å². The Morgan fingerprint density at radius 1 is 1.62 bits per heavy atom. The summed E-state index contributed by atoms with van der Waals surface area (Å²) in [6.07, 6.45) is 0.309. The van der Waals surface area contributed by atoms with E-state index in [0.717, 1.165) is 0 Å². The van der Waals surface area contributed by atoms with Crippen LogP contribution in [-0.4, -0.2) is 30.0 Å². The zero-order valence-corrected chi connectivity index (χ0v) is 8.52. The monoisotopic (exact) mass is 206 g/mol. The molecule has 0 aliphatic rings. The Kier molecular flexibility index (Phi) is 6.34. The van der Waals surface area contributed by atoms with Gasteiger partial charge >= 0.3 is 5.97 Å². The Labute approximate surface area is 81.3 Å². The fourth-order valence-electron chi connectivity index (χ4n) is 0.614. The number of ether oxygens (including phenoxy) is 1. The number of carbonyl (C=O) groups excluding carboxylic acids is 2. The summed E-state index contributed by atoms with van der Waals surface area (Å²) in [5, 5.41) is -0.241. The van der Waals surface area contributed by atoms with E-state index in [1.807, 2.05) is 5.43 Å². The average Bonchev–Trinajstić information content (AvgIpc) is 2.15. The van der Waals surface area contributed by atoms with Crippen LogP contribution >= 0.6 is 11.8 Å². The third kappa shape index (κ3) is 5.48. The second-order valence-electron chi connectivity index (χ2n) is 2.35. The molecule has 0 aromatic rings. The van der Waals surface area contributed by atoms with Gasteiger partial charge in [0.2, 0.25) is 5.91 Å². The van der Waals surface area contributed by atoms with Crippen LogP contribution < -0.4 is 11.3 Å². The molecule has 6 heteroatoms. The first-order valence-electron chi connectivity index (χ1n) is 3.80. The Morgan fingerprint density at radius 2 is 2.23 bits per heavy atom. The van der Waals surface area contributed by atoms with Gasteiger partial charge in [0.1, 0.15) is 0 Å². The van der Waals surface area contributed by atoms with Crippen molar-refractivity contribution in [1.29, 1.82) is 0 Å². The summed E-state index contributed by atoms with van der Waals surface area (Å²) < 4.78 is 4.44. The lowest BCUT2D eigenvalue weighted by Gasteiger charge is -2.07. The van der Waals surface area contributed by atoms with Crippen molar-refractivity contribution >= 4 is 23.6 Å². The van der Waals surface area contributed by atoms with Crippen LogP contribution in [0.25, 0.3) is 0 Å². The zero-order chi connectivity index (χ0) is 10.3. The molecule has 0 aromatic carbocycles. The molecule has 0 saturated carbocycles. The van der Waals surface area contributed by atoms with Crippen LogP contribution in [0.1, 0.15) is 13.3 Å². The van der Waals surface area contributed by atoms with Gasteiger partial charge in [-0.3, -0.25) is 15.0 Å².